The van der Waals surface area contributed by atoms with E-state index in [0.717, 1.165) is 71.3 Å². The summed E-state index contributed by atoms with van der Waals surface area (Å²) in [5, 5.41) is 9.42. The molecule has 4 aromatic rings. The maximum absolute atomic E-state index is 5.52. The average Bonchev–Trinajstić information content (AvgIpc) is 3.57. The third-order valence-corrected chi connectivity index (χ3v) is 6.49. The summed E-state index contributed by atoms with van der Waals surface area (Å²) in [7, 11) is 0. The van der Waals surface area contributed by atoms with Crippen molar-refractivity contribution in [2.24, 2.45) is 0 Å². The van der Waals surface area contributed by atoms with Crippen LogP contribution in [0.4, 0.5) is 17.5 Å². The van der Waals surface area contributed by atoms with E-state index in [4.69, 9.17) is 9.51 Å². The van der Waals surface area contributed by atoms with Crippen LogP contribution in [0, 0.1) is 0 Å². The van der Waals surface area contributed by atoms with Gasteiger partial charge in [-0.15, -0.1) is 0 Å². The summed E-state index contributed by atoms with van der Waals surface area (Å²) in [6.07, 6.45) is 6.51. The van der Waals surface area contributed by atoms with Crippen molar-refractivity contribution in [1.82, 2.24) is 25.0 Å². The third-order valence-electron chi connectivity index (χ3n) is 6.49. The minimum absolute atomic E-state index is 0.244. The van der Waals surface area contributed by atoms with Gasteiger partial charge in [0, 0.05) is 43.8 Å². The first-order chi connectivity index (χ1) is 15.7. The second kappa shape index (κ2) is 7.70. The molecule has 1 N–H and O–H groups in total. The van der Waals surface area contributed by atoms with Gasteiger partial charge in [-0.3, -0.25) is 4.90 Å². The molecule has 0 atom stereocenters. The fraction of sp³-hybridized carbons (Fsp3) is 0.417. The molecule has 4 heterocycles. The van der Waals surface area contributed by atoms with Gasteiger partial charge in [0.05, 0.1) is 28.5 Å². The molecule has 2 fully saturated rings. The Labute approximate surface area is 186 Å². The number of nitrogens with zero attached hydrogens (tertiary/aromatic N) is 6. The van der Waals surface area contributed by atoms with Gasteiger partial charge in [-0.2, -0.15) is 0 Å². The van der Waals surface area contributed by atoms with E-state index in [0.29, 0.717) is 5.95 Å². The molecule has 8 heteroatoms. The van der Waals surface area contributed by atoms with Gasteiger partial charge in [0.2, 0.25) is 5.95 Å². The Kier molecular flexibility index (Phi) is 4.68. The highest BCUT2D eigenvalue weighted by Crippen LogP contribution is 2.31. The van der Waals surface area contributed by atoms with Crippen LogP contribution in [0.5, 0.6) is 0 Å². The van der Waals surface area contributed by atoms with E-state index in [9.17, 15) is 0 Å². The molecule has 32 heavy (non-hydrogen) atoms. The van der Waals surface area contributed by atoms with Crippen LogP contribution in [0.15, 0.2) is 41.2 Å². The number of hydrogen-bond acceptors (Lipinski definition) is 8. The molecule has 0 bridgehead atoms. The van der Waals surface area contributed by atoms with Crippen LogP contribution >= 0.6 is 0 Å². The molecule has 0 amide bonds. The summed E-state index contributed by atoms with van der Waals surface area (Å²) in [5.41, 5.74) is 3.67. The topological polar surface area (TPSA) is 83.2 Å². The normalized spacial score (nSPS) is 17.5. The van der Waals surface area contributed by atoms with Crippen LogP contribution < -0.4 is 10.2 Å². The molecule has 1 saturated carbocycles. The van der Waals surface area contributed by atoms with E-state index < -0.39 is 0 Å². The van der Waals surface area contributed by atoms with E-state index in [1.807, 2.05) is 30.6 Å². The number of aromatic nitrogens is 4. The maximum atomic E-state index is 5.52. The predicted molar refractivity (Wildman–Crippen MR) is 126 cm³/mol. The van der Waals surface area contributed by atoms with Crippen molar-refractivity contribution in [3.05, 3.63) is 42.4 Å². The van der Waals surface area contributed by atoms with Crippen LogP contribution in [0.2, 0.25) is 0 Å². The molecule has 1 saturated heterocycles. The van der Waals surface area contributed by atoms with Crippen molar-refractivity contribution in [2.45, 2.75) is 38.6 Å². The molecule has 1 aromatic carbocycles. The zero-order valence-corrected chi connectivity index (χ0v) is 18.5. The van der Waals surface area contributed by atoms with Crippen LogP contribution in [0.3, 0.4) is 0 Å². The Morgan fingerprint density at radius 2 is 1.84 bits per heavy atom. The molecule has 3 aromatic heterocycles. The Hall–Kier alpha value is -3.26. The summed E-state index contributed by atoms with van der Waals surface area (Å²) in [6.45, 7) is 8.62. The molecule has 0 spiro atoms. The van der Waals surface area contributed by atoms with Gasteiger partial charge in [-0.1, -0.05) is 19.0 Å². The minimum Gasteiger partial charge on any atom is -0.368 e. The van der Waals surface area contributed by atoms with Crippen molar-refractivity contribution >= 4 is 39.3 Å². The monoisotopic (exact) mass is 429 g/mol. The molecule has 8 nitrogen and oxygen atoms in total. The minimum atomic E-state index is 0.244. The van der Waals surface area contributed by atoms with Crippen LogP contribution in [-0.2, 0) is 0 Å². The standard InChI is InChI=1S/C24H27N7O/c1-15(2)22-21-19(32-29-22)7-3-16-13-26-24(28-23(16)21)27-20-8-6-18(14-25-20)31-11-9-30(10-12-31)17-4-5-17/h3,6-8,13-15,17H,4-5,9-12H2,1-2H3,(H,25,26,27,28). The Morgan fingerprint density at radius 1 is 1.00 bits per heavy atom. The molecule has 6 rings (SSSR count). The molecular formula is C24H27N7O. The van der Waals surface area contributed by atoms with E-state index in [-0.39, 0.29) is 5.92 Å². The van der Waals surface area contributed by atoms with Crippen LogP contribution in [0.1, 0.15) is 38.3 Å². The molecule has 1 aliphatic carbocycles. The van der Waals surface area contributed by atoms with Gasteiger partial charge in [0.15, 0.2) is 5.58 Å². The molecule has 164 valence electrons. The predicted octanol–water partition coefficient (Wildman–Crippen LogP) is 4.32. The zero-order valence-electron chi connectivity index (χ0n) is 18.5. The third kappa shape index (κ3) is 3.54. The summed E-state index contributed by atoms with van der Waals surface area (Å²) >= 11 is 0. The first-order valence-corrected chi connectivity index (χ1v) is 11.4. The Bertz CT molecular complexity index is 1250. The number of benzene rings is 1. The summed E-state index contributed by atoms with van der Waals surface area (Å²) < 4.78 is 5.52. The first-order valence-electron chi connectivity index (χ1n) is 11.4. The lowest BCUT2D eigenvalue weighted by atomic mass is 10.0. The molecule has 1 aliphatic heterocycles. The average molecular weight is 430 g/mol. The highest BCUT2D eigenvalue weighted by molar-refractivity contribution is 6.04. The lowest BCUT2D eigenvalue weighted by Gasteiger charge is -2.36. The van der Waals surface area contributed by atoms with Gasteiger partial charge in [-0.25, -0.2) is 15.0 Å². The van der Waals surface area contributed by atoms with Gasteiger partial charge >= 0.3 is 0 Å². The second-order valence-corrected chi connectivity index (χ2v) is 9.07. The van der Waals surface area contributed by atoms with E-state index >= 15 is 0 Å². The zero-order chi connectivity index (χ0) is 21.7. The molecule has 0 unspecified atom stereocenters. The Morgan fingerprint density at radius 3 is 2.56 bits per heavy atom. The molecular weight excluding hydrogens is 402 g/mol. The van der Waals surface area contributed by atoms with Crippen molar-refractivity contribution in [3.8, 4) is 0 Å². The smallest absolute Gasteiger partial charge is 0.228 e. The number of hydrogen-bond donors (Lipinski definition) is 1. The lowest BCUT2D eigenvalue weighted by Crippen LogP contribution is -2.47. The number of rotatable bonds is 5. The van der Waals surface area contributed by atoms with Crippen LogP contribution in [0.25, 0.3) is 21.9 Å². The Balaban J connectivity index is 1.22. The van der Waals surface area contributed by atoms with E-state index in [1.165, 1.54) is 12.8 Å². The fourth-order valence-electron chi connectivity index (χ4n) is 4.55. The van der Waals surface area contributed by atoms with Gasteiger partial charge in [0.25, 0.3) is 0 Å². The van der Waals surface area contributed by atoms with Crippen molar-refractivity contribution in [3.63, 3.8) is 0 Å². The highest BCUT2D eigenvalue weighted by atomic mass is 16.5. The lowest BCUT2D eigenvalue weighted by molar-refractivity contribution is 0.248. The number of piperazine rings is 1. The summed E-state index contributed by atoms with van der Waals surface area (Å²) in [5.74, 6) is 1.49. The van der Waals surface area contributed by atoms with Crippen molar-refractivity contribution in [1.29, 1.82) is 0 Å². The van der Waals surface area contributed by atoms with E-state index in [1.54, 1.807) is 0 Å². The number of pyridine rings is 1. The summed E-state index contributed by atoms with van der Waals surface area (Å²) in [6, 6.07) is 8.86. The van der Waals surface area contributed by atoms with Crippen molar-refractivity contribution in [2.75, 3.05) is 36.4 Å². The quantitative estimate of drug-likeness (QED) is 0.502. The maximum Gasteiger partial charge on any atom is 0.228 e. The largest absolute Gasteiger partial charge is 0.368 e. The van der Waals surface area contributed by atoms with Crippen molar-refractivity contribution < 1.29 is 4.52 Å². The molecule has 0 radical (unpaired) electrons. The number of anilines is 3. The SMILES string of the molecule is CC(C)c1noc2ccc3cnc(Nc4ccc(N5CCN(C6CC6)CC5)cn4)nc3c12. The second-order valence-electron chi connectivity index (χ2n) is 9.07. The number of fused-ring (bicyclic) bond motifs is 3. The highest BCUT2D eigenvalue weighted by Gasteiger charge is 2.31. The summed E-state index contributed by atoms with van der Waals surface area (Å²) in [4.78, 5) is 18.9. The van der Waals surface area contributed by atoms with E-state index in [2.05, 4.69) is 50.2 Å². The first kappa shape index (κ1) is 19.4. The molecule has 2 aliphatic rings. The fourth-order valence-corrected chi connectivity index (χ4v) is 4.55. The van der Waals surface area contributed by atoms with Gasteiger partial charge in [0.1, 0.15) is 5.82 Å². The number of nitrogens with one attached hydrogen (secondary N) is 1. The van der Waals surface area contributed by atoms with Crippen LogP contribution in [-0.4, -0.2) is 57.2 Å². The van der Waals surface area contributed by atoms with Gasteiger partial charge in [-0.05, 0) is 43.0 Å². The van der Waals surface area contributed by atoms with Gasteiger partial charge < -0.3 is 14.7 Å².